The van der Waals surface area contributed by atoms with E-state index in [1.165, 1.54) is 28.3 Å². The van der Waals surface area contributed by atoms with Crippen molar-refractivity contribution in [1.82, 2.24) is 34.3 Å². The lowest BCUT2D eigenvalue weighted by Crippen LogP contribution is -2.50. The normalized spacial score (nSPS) is 18.8. The third-order valence-corrected chi connectivity index (χ3v) is 9.55. The van der Waals surface area contributed by atoms with Crippen LogP contribution in [0.4, 0.5) is 4.39 Å². The van der Waals surface area contributed by atoms with Gasteiger partial charge in [-0.1, -0.05) is 12.1 Å². The zero-order valence-electron chi connectivity index (χ0n) is 24.6. The molecule has 1 saturated heterocycles. The summed E-state index contributed by atoms with van der Waals surface area (Å²) in [4.78, 5) is 24.7. The van der Waals surface area contributed by atoms with Crippen molar-refractivity contribution in [2.75, 3.05) is 39.0 Å². The van der Waals surface area contributed by atoms with Crippen LogP contribution in [0.1, 0.15) is 46.9 Å². The van der Waals surface area contributed by atoms with Crippen LogP contribution in [0, 0.1) is 5.82 Å². The predicted octanol–water partition coefficient (Wildman–Crippen LogP) is 3.65. The molecular formula is C32H36FN7O3S. The lowest BCUT2D eigenvalue weighted by molar-refractivity contribution is 0.0692. The third kappa shape index (κ3) is 7.20. The topological polar surface area (TPSA) is 113 Å². The number of benzene rings is 2. The summed E-state index contributed by atoms with van der Waals surface area (Å²) >= 11 is 0. The Balaban J connectivity index is 1.11. The van der Waals surface area contributed by atoms with E-state index in [1.54, 1.807) is 21.8 Å². The minimum absolute atomic E-state index is 0.211. The maximum atomic E-state index is 13.6. The number of nitrogens with one attached hydrogen (secondary N) is 1. The van der Waals surface area contributed by atoms with Gasteiger partial charge in [0.15, 0.2) is 5.82 Å². The Hall–Kier alpha value is -4.00. The van der Waals surface area contributed by atoms with Gasteiger partial charge in [0.1, 0.15) is 11.5 Å². The molecule has 6 rings (SSSR count). The van der Waals surface area contributed by atoms with Gasteiger partial charge in [-0.2, -0.15) is 9.40 Å². The first-order valence-corrected chi connectivity index (χ1v) is 16.8. The van der Waals surface area contributed by atoms with Crippen molar-refractivity contribution in [1.29, 1.82) is 0 Å². The summed E-state index contributed by atoms with van der Waals surface area (Å²) < 4.78 is 40.3. The minimum Gasteiger partial charge on any atom is -0.335 e. The van der Waals surface area contributed by atoms with Crippen LogP contribution in [0.2, 0.25) is 0 Å². The van der Waals surface area contributed by atoms with Crippen LogP contribution in [0.3, 0.4) is 0 Å². The first-order chi connectivity index (χ1) is 21.2. The van der Waals surface area contributed by atoms with Gasteiger partial charge in [-0.05, 0) is 86.3 Å². The SMILES string of the molecule is CS(=O)(=O)N1CCN(C(=O)c2cc(CCCCN[C@@H]3C[C@H]3c3ccc(F)cc3)nc(-c3ccc(-n4cccn4)cc3)n2)CC1. The Bertz CT molecular complexity index is 1690. The molecule has 2 aromatic heterocycles. The van der Waals surface area contributed by atoms with Crippen molar-refractivity contribution in [3.63, 3.8) is 0 Å². The number of hydrogen-bond donors (Lipinski definition) is 1. The Labute approximate surface area is 257 Å². The minimum atomic E-state index is -3.30. The number of sulfonamides is 1. The highest BCUT2D eigenvalue weighted by molar-refractivity contribution is 7.88. The first kappa shape index (κ1) is 30.0. The molecule has 1 saturated carbocycles. The molecule has 10 nitrogen and oxygen atoms in total. The van der Waals surface area contributed by atoms with Gasteiger partial charge < -0.3 is 10.2 Å². The molecular weight excluding hydrogens is 581 g/mol. The van der Waals surface area contributed by atoms with Crippen LogP contribution in [-0.2, 0) is 16.4 Å². The van der Waals surface area contributed by atoms with Crippen molar-refractivity contribution >= 4 is 15.9 Å². The molecule has 1 N–H and O–H groups in total. The first-order valence-electron chi connectivity index (χ1n) is 15.0. The van der Waals surface area contributed by atoms with Gasteiger partial charge in [-0.15, -0.1) is 0 Å². The Morgan fingerprint density at radius 3 is 2.43 bits per heavy atom. The number of carbonyl (C=O) groups excluding carboxylic acids is 1. The summed E-state index contributed by atoms with van der Waals surface area (Å²) in [6.07, 6.45) is 8.36. The Morgan fingerprint density at radius 1 is 1.00 bits per heavy atom. The second kappa shape index (κ2) is 12.9. The zero-order chi connectivity index (χ0) is 30.7. The molecule has 4 aromatic rings. The van der Waals surface area contributed by atoms with Gasteiger partial charge in [0, 0.05) is 61.8 Å². The lowest BCUT2D eigenvalue weighted by Gasteiger charge is -2.33. The molecule has 1 aliphatic heterocycles. The van der Waals surface area contributed by atoms with Crippen molar-refractivity contribution in [2.45, 2.75) is 37.6 Å². The average Bonchev–Trinajstić information content (AvgIpc) is 3.58. The number of rotatable bonds is 11. The van der Waals surface area contributed by atoms with Crippen molar-refractivity contribution in [3.05, 3.63) is 95.8 Å². The summed E-state index contributed by atoms with van der Waals surface area (Å²) in [6, 6.07) is 18.5. The van der Waals surface area contributed by atoms with Crippen LogP contribution in [0.5, 0.6) is 0 Å². The summed E-state index contributed by atoms with van der Waals surface area (Å²) in [5.74, 6) is 0.481. The van der Waals surface area contributed by atoms with E-state index in [9.17, 15) is 17.6 Å². The molecule has 12 heteroatoms. The van der Waals surface area contributed by atoms with Crippen molar-refractivity contribution in [3.8, 4) is 17.1 Å². The van der Waals surface area contributed by atoms with E-state index in [2.05, 4.69) is 15.4 Å². The van der Waals surface area contributed by atoms with Gasteiger partial charge in [-0.3, -0.25) is 4.79 Å². The molecule has 2 atom stereocenters. The highest BCUT2D eigenvalue weighted by Gasteiger charge is 2.37. The fourth-order valence-corrected chi connectivity index (χ4v) is 6.48. The number of amides is 1. The molecule has 0 unspecified atom stereocenters. The lowest BCUT2D eigenvalue weighted by atomic mass is 10.1. The number of carbonyl (C=O) groups is 1. The number of halogens is 1. The molecule has 0 radical (unpaired) electrons. The van der Waals surface area contributed by atoms with Crippen LogP contribution in [-0.4, -0.2) is 88.3 Å². The Kier molecular flexibility index (Phi) is 8.83. The Morgan fingerprint density at radius 2 is 1.75 bits per heavy atom. The summed E-state index contributed by atoms with van der Waals surface area (Å²) in [7, 11) is -3.30. The van der Waals surface area contributed by atoms with Gasteiger partial charge in [0.2, 0.25) is 10.0 Å². The highest BCUT2D eigenvalue weighted by atomic mass is 32.2. The molecule has 2 fully saturated rings. The summed E-state index contributed by atoms with van der Waals surface area (Å²) in [6.45, 7) is 2.02. The molecule has 2 aliphatic rings. The van der Waals surface area contributed by atoms with E-state index >= 15 is 0 Å². The number of aromatic nitrogens is 4. The monoisotopic (exact) mass is 617 g/mol. The zero-order valence-corrected chi connectivity index (χ0v) is 25.5. The molecule has 44 heavy (non-hydrogen) atoms. The fraction of sp³-hybridized carbons (Fsp3) is 0.375. The van der Waals surface area contributed by atoms with E-state index in [4.69, 9.17) is 4.98 Å². The van der Waals surface area contributed by atoms with Crippen LogP contribution >= 0.6 is 0 Å². The predicted molar refractivity (Wildman–Crippen MR) is 165 cm³/mol. The second-order valence-corrected chi connectivity index (χ2v) is 13.4. The maximum Gasteiger partial charge on any atom is 0.272 e. The average molecular weight is 618 g/mol. The molecule has 2 aromatic carbocycles. The van der Waals surface area contributed by atoms with Crippen LogP contribution in [0.15, 0.2) is 73.1 Å². The van der Waals surface area contributed by atoms with Gasteiger partial charge in [-0.25, -0.2) is 27.5 Å². The molecule has 230 valence electrons. The van der Waals surface area contributed by atoms with Gasteiger partial charge in [0.05, 0.1) is 11.9 Å². The molecule has 0 bridgehead atoms. The molecule has 0 spiro atoms. The van der Waals surface area contributed by atoms with Gasteiger partial charge in [0.25, 0.3) is 5.91 Å². The third-order valence-electron chi connectivity index (χ3n) is 8.24. The van der Waals surface area contributed by atoms with Crippen LogP contribution in [0.25, 0.3) is 17.1 Å². The van der Waals surface area contributed by atoms with E-state index < -0.39 is 10.0 Å². The number of nitrogens with zero attached hydrogens (tertiary/aromatic N) is 6. The molecule has 1 amide bonds. The summed E-state index contributed by atoms with van der Waals surface area (Å²) in [5.41, 5.74) is 3.97. The molecule has 1 aliphatic carbocycles. The quantitative estimate of drug-likeness (QED) is 0.256. The smallest absolute Gasteiger partial charge is 0.272 e. The van der Waals surface area contributed by atoms with E-state index in [0.717, 1.165) is 42.8 Å². The van der Waals surface area contributed by atoms with Crippen molar-refractivity contribution in [2.24, 2.45) is 0 Å². The standard InChI is InChI=1S/C32H36FN7O3S/c1-44(42,43)39-19-17-38(18-20-39)32(41)30-21-26(5-2-3-14-34-29-22-28(29)23-6-10-25(33)11-7-23)36-31(37-30)24-8-12-27(13-9-24)40-16-4-15-35-40/h4,6-13,15-16,21,28-29,34H,2-3,5,14,17-20,22H2,1H3/t28-,29+/m0/s1. The van der Waals surface area contributed by atoms with E-state index in [0.29, 0.717) is 43.0 Å². The largest absolute Gasteiger partial charge is 0.335 e. The van der Waals surface area contributed by atoms with E-state index in [-0.39, 0.29) is 24.8 Å². The maximum absolute atomic E-state index is 13.6. The molecule has 3 heterocycles. The van der Waals surface area contributed by atoms with E-state index in [1.807, 2.05) is 48.7 Å². The van der Waals surface area contributed by atoms with Gasteiger partial charge >= 0.3 is 0 Å². The number of unbranched alkanes of at least 4 members (excludes halogenated alkanes) is 1. The fourth-order valence-electron chi connectivity index (χ4n) is 5.65. The number of piperazine rings is 1. The number of aryl methyl sites for hydroxylation is 1. The van der Waals surface area contributed by atoms with Crippen molar-refractivity contribution < 1.29 is 17.6 Å². The highest BCUT2D eigenvalue weighted by Crippen LogP contribution is 2.40. The summed E-state index contributed by atoms with van der Waals surface area (Å²) in [5, 5.41) is 7.88. The number of hydrogen-bond acceptors (Lipinski definition) is 7. The second-order valence-electron chi connectivity index (χ2n) is 11.4. The van der Waals surface area contributed by atoms with Crippen LogP contribution < -0.4 is 5.32 Å².